The highest BCUT2D eigenvalue weighted by atomic mass is 16.7. The predicted octanol–water partition coefficient (Wildman–Crippen LogP) is 0.927. The van der Waals surface area contributed by atoms with Crippen LogP contribution < -0.4 is 0 Å². The van der Waals surface area contributed by atoms with Gasteiger partial charge in [0.2, 0.25) is 12.0 Å². The van der Waals surface area contributed by atoms with Crippen LogP contribution in [0.3, 0.4) is 0 Å². The first-order chi connectivity index (χ1) is 7.49. The number of hydrogen-bond donors (Lipinski definition) is 3. The van der Waals surface area contributed by atoms with Crippen LogP contribution in [0.2, 0.25) is 0 Å². The zero-order chi connectivity index (χ0) is 12.0. The van der Waals surface area contributed by atoms with Crippen LogP contribution in [0, 0.1) is 6.92 Å². The number of carbonyl (C=O) groups is 1. The molecule has 86 valence electrons. The molecule has 6 heteroatoms. The molecule has 0 bridgehead atoms. The number of fused-ring (bicyclic) bond motifs is 1. The van der Waals surface area contributed by atoms with Crippen LogP contribution in [0.15, 0.2) is 0 Å². The van der Waals surface area contributed by atoms with E-state index in [2.05, 4.69) is 0 Å². The zero-order valence-corrected chi connectivity index (χ0v) is 8.64. The van der Waals surface area contributed by atoms with E-state index in [4.69, 9.17) is 9.47 Å². The summed E-state index contributed by atoms with van der Waals surface area (Å²) in [6.45, 7) is 1.49. The molecule has 0 aromatic heterocycles. The van der Waals surface area contributed by atoms with E-state index >= 15 is 0 Å². The fraction of sp³-hybridized carbons (Fsp3) is 0.300. The van der Waals surface area contributed by atoms with Gasteiger partial charge in [-0.3, -0.25) is 0 Å². The van der Waals surface area contributed by atoms with Gasteiger partial charge in [-0.1, -0.05) is 0 Å². The summed E-state index contributed by atoms with van der Waals surface area (Å²) in [5, 5.41) is 28.4. The van der Waals surface area contributed by atoms with Gasteiger partial charge in [0, 0.05) is 18.2 Å². The summed E-state index contributed by atoms with van der Waals surface area (Å²) in [7, 11) is 1.33. The molecule has 0 radical (unpaired) electrons. The van der Waals surface area contributed by atoms with Crippen molar-refractivity contribution in [2.24, 2.45) is 0 Å². The fourth-order valence-electron chi connectivity index (χ4n) is 1.73. The maximum Gasteiger partial charge on any atom is 0.345 e. The maximum atomic E-state index is 11.4. The van der Waals surface area contributed by atoms with Gasteiger partial charge in [0.05, 0.1) is 0 Å². The Labute approximate surface area is 90.7 Å². The van der Waals surface area contributed by atoms with E-state index in [1.54, 1.807) is 0 Å². The third-order valence-corrected chi connectivity index (χ3v) is 2.58. The summed E-state index contributed by atoms with van der Waals surface area (Å²) in [4.78, 5) is 11.4. The quantitative estimate of drug-likeness (QED) is 0.487. The molecule has 3 N–H and O–H groups in total. The van der Waals surface area contributed by atoms with E-state index in [1.807, 2.05) is 0 Å². The average Bonchev–Trinajstić information content (AvgIpc) is 2.60. The highest BCUT2D eigenvalue weighted by molar-refractivity contribution is 5.99. The van der Waals surface area contributed by atoms with Crippen molar-refractivity contribution in [2.45, 2.75) is 13.2 Å². The number of rotatable bonds is 1. The number of carbonyl (C=O) groups excluding carboxylic acids is 1. The van der Waals surface area contributed by atoms with Gasteiger partial charge in [0.1, 0.15) is 5.56 Å². The Bertz CT molecular complexity index is 479. The topological polar surface area (TPSA) is 96.2 Å². The molecule has 0 aliphatic carbocycles. The molecule has 0 fully saturated rings. The SMILES string of the molecule is CO[C@H]1OC(=O)c2c(O)c(O)c(O)c(C)c21. The van der Waals surface area contributed by atoms with Gasteiger partial charge in [0.15, 0.2) is 11.5 Å². The first-order valence-electron chi connectivity index (χ1n) is 4.50. The van der Waals surface area contributed by atoms with Gasteiger partial charge >= 0.3 is 5.97 Å². The summed E-state index contributed by atoms with van der Waals surface area (Å²) in [6, 6.07) is 0. The number of esters is 1. The molecule has 0 unspecified atom stereocenters. The molecule has 1 aromatic rings. The third kappa shape index (κ3) is 1.13. The van der Waals surface area contributed by atoms with Crippen LogP contribution in [-0.2, 0) is 9.47 Å². The molecule has 1 aliphatic rings. The van der Waals surface area contributed by atoms with Gasteiger partial charge in [-0.05, 0) is 6.92 Å². The number of phenolic OH excluding ortho intramolecular Hbond substituents is 3. The van der Waals surface area contributed by atoms with Crippen LogP contribution in [-0.4, -0.2) is 28.4 Å². The van der Waals surface area contributed by atoms with Crippen LogP contribution >= 0.6 is 0 Å². The van der Waals surface area contributed by atoms with Gasteiger partial charge in [-0.25, -0.2) is 4.79 Å². The molecule has 6 nitrogen and oxygen atoms in total. The predicted molar refractivity (Wildman–Crippen MR) is 51.3 cm³/mol. The summed E-state index contributed by atoms with van der Waals surface area (Å²) < 4.78 is 9.70. The molecular formula is C10H10O6. The van der Waals surface area contributed by atoms with Gasteiger partial charge in [0.25, 0.3) is 0 Å². The number of phenols is 3. The Balaban J connectivity index is 2.80. The van der Waals surface area contributed by atoms with Crippen molar-refractivity contribution in [2.75, 3.05) is 7.11 Å². The minimum absolute atomic E-state index is 0.167. The molecule has 2 rings (SSSR count). The first kappa shape index (κ1) is 10.6. The van der Waals surface area contributed by atoms with Crippen molar-refractivity contribution in [1.82, 2.24) is 0 Å². The Morgan fingerprint density at radius 3 is 2.38 bits per heavy atom. The summed E-state index contributed by atoms with van der Waals surface area (Å²) in [5.41, 5.74) is 0.308. The van der Waals surface area contributed by atoms with E-state index in [1.165, 1.54) is 14.0 Å². The molecule has 1 aliphatic heterocycles. The lowest BCUT2D eigenvalue weighted by Gasteiger charge is -2.12. The standard InChI is InChI=1S/C10H10O6/c1-3-4-5(7(12)8(13)6(3)11)9(14)16-10(4)15-2/h10-13H,1-2H3/t10-/m0/s1. The highest BCUT2D eigenvalue weighted by Gasteiger charge is 2.38. The molecule has 0 saturated carbocycles. The number of benzene rings is 1. The summed E-state index contributed by atoms with van der Waals surface area (Å²) in [6.07, 6.45) is -0.972. The normalized spacial score (nSPS) is 18.4. The second kappa shape index (κ2) is 3.28. The Kier molecular flexibility index (Phi) is 2.16. The van der Waals surface area contributed by atoms with Gasteiger partial charge < -0.3 is 24.8 Å². The number of methoxy groups -OCH3 is 1. The maximum absolute atomic E-state index is 11.4. The smallest absolute Gasteiger partial charge is 0.345 e. The summed E-state index contributed by atoms with van der Waals surface area (Å²) in [5.74, 6) is -2.71. The van der Waals surface area contributed by atoms with E-state index in [0.29, 0.717) is 0 Å². The van der Waals surface area contributed by atoms with E-state index in [0.717, 1.165) is 0 Å². The second-order valence-electron chi connectivity index (χ2n) is 3.43. The number of hydrogen-bond acceptors (Lipinski definition) is 6. The number of aromatic hydroxyl groups is 3. The minimum atomic E-state index is -0.972. The Hall–Kier alpha value is -1.95. The van der Waals surface area contributed by atoms with Crippen molar-refractivity contribution in [3.05, 3.63) is 16.7 Å². The minimum Gasteiger partial charge on any atom is -0.504 e. The zero-order valence-electron chi connectivity index (χ0n) is 8.64. The average molecular weight is 226 g/mol. The fourth-order valence-corrected chi connectivity index (χ4v) is 1.73. The Morgan fingerprint density at radius 1 is 1.19 bits per heavy atom. The monoisotopic (exact) mass is 226 g/mol. The van der Waals surface area contributed by atoms with Crippen LogP contribution in [0.25, 0.3) is 0 Å². The van der Waals surface area contributed by atoms with Crippen molar-refractivity contribution < 1.29 is 29.6 Å². The van der Waals surface area contributed by atoms with Crippen molar-refractivity contribution in [1.29, 1.82) is 0 Å². The first-order valence-corrected chi connectivity index (χ1v) is 4.50. The molecular weight excluding hydrogens is 216 g/mol. The largest absolute Gasteiger partial charge is 0.504 e. The molecule has 0 spiro atoms. The summed E-state index contributed by atoms with van der Waals surface area (Å²) >= 11 is 0. The van der Waals surface area contributed by atoms with E-state index in [9.17, 15) is 20.1 Å². The van der Waals surface area contributed by atoms with Gasteiger partial charge in [-0.15, -0.1) is 0 Å². The van der Waals surface area contributed by atoms with E-state index < -0.39 is 29.5 Å². The molecule has 16 heavy (non-hydrogen) atoms. The molecule has 1 atom stereocenters. The Morgan fingerprint density at radius 2 is 1.81 bits per heavy atom. The molecule has 0 saturated heterocycles. The molecule has 1 aromatic carbocycles. The van der Waals surface area contributed by atoms with Crippen molar-refractivity contribution in [3.8, 4) is 17.2 Å². The number of ether oxygens (including phenoxy) is 2. The number of cyclic esters (lactones) is 1. The second-order valence-corrected chi connectivity index (χ2v) is 3.43. The molecule has 0 amide bonds. The van der Waals surface area contributed by atoms with Crippen LogP contribution in [0.4, 0.5) is 0 Å². The van der Waals surface area contributed by atoms with Crippen molar-refractivity contribution >= 4 is 5.97 Å². The lowest BCUT2D eigenvalue weighted by atomic mass is 10.0. The highest BCUT2D eigenvalue weighted by Crippen LogP contribution is 2.48. The lowest BCUT2D eigenvalue weighted by Crippen LogP contribution is -2.01. The molecule has 1 heterocycles. The van der Waals surface area contributed by atoms with Crippen LogP contribution in [0.5, 0.6) is 17.2 Å². The lowest BCUT2D eigenvalue weighted by molar-refractivity contribution is -0.0819. The van der Waals surface area contributed by atoms with E-state index in [-0.39, 0.29) is 16.7 Å². The van der Waals surface area contributed by atoms with Crippen molar-refractivity contribution in [3.63, 3.8) is 0 Å². The third-order valence-electron chi connectivity index (χ3n) is 2.58. The van der Waals surface area contributed by atoms with Gasteiger partial charge in [-0.2, -0.15) is 0 Å². The van der Waals surface area contributed by atoms with Crippen LogP contribution in [0.1, 0.15) is 27.8 Å².